The van der Waals surface area contributed by atoms with Gasteiger partial charge in [-0.05, 0) is 36.3 Å². The maximum atomic E-state index is 12.5. The Morgan fingerprint density at radius 3 is 2.26 bits per heavy atom. The number of methoxy groups -OCH3 is 1. The predicted octanol–water partition coefficient (Wildman–Crippen LogP) is 5.55. The molecule has 0 unspecified atom stereocenters. The molecule has 1 fully saturated rings. The van der Waals surface area contributed by atoms with E-state index in [2.05, 4.69) is 38.2 Å². The molecular formula is C22H27NO3S. The van der Waals surface area contributed by atoms with Gasteiger partial charge in [0.2, 0.25) is 5.91 Å². The van der Waals surface area contributed by atoms with Gasteiger partial charge in [0.15, 0.2) is 0 Å². The highest BCUT2D eigenvalue weighted by Gasteiger charge is 2.29. The Kier molecular flexibility index (Phi) is 5.43. The first kappa shape index (κ1) is 19.6. The zero-order valence-corrected chi connectivity index (χ0v) is 17.5. The van der Waals surface area contributed by atoms with Crippen LogP contribution in [0.15, 0.2) is 24.3 Å². The zero-order chi connectivity index (χ0) is 19.8. The minimum Gasteiger partial charge on any atom is -0.465 e. The average Bonchev–Trinajstić information content (AvgIpc) is 2.87. The van der Waals surface area contributed by atoms with Crippen LogP contribution < -0.4 is 5.32 Å². The van der Waals surface area contributed by atoms with Gasteiger partial charge < -0.3 is 10.1 Å². The van der Waals surface area contributed by atoms with Crippen LogP contribution in [0.25, 0.3) is 11.1 Å². The van der Waals surface area contributed by atoms with Crippen LogP contribution in [0, 0.1) is 12.8 Å². The van der Waals surface area contributed by atoms with Gasteiger partial charge in [0.1, 0.15) is 10.6 Å². The highest BCUT2D eigenvalue weighted by Crippen LogP contribution is 2.41. The van der Waals surface area contributed by atoms with Gasteiger partial charge in [-0.15, -0.1) is 11.3 Å². The number of anilines is 1. The SMILES string of the molecule is COC(=O)c1c(NC(=O)C2CCC2)sc(C)c1-c1ccc(C(C)(C)C)cc1. The van der Waals surface area contributed by atoms with Crippen LogP contribution in [0.4, 0.5) is 5.00 Å². The van der Waals surface area contributed by atoms with Gasteiger partial charge in [-0.2, -0.15) is 0 Å². The molecule has 2 aromatic rings. The third-order valence-electron chi connectivity index (χ3n) is 5.23. The summed E-state index contributed by atoms with van der Waals surface area (Å²) in [6.45, 7) is 8.49. The van der Waals surface area contributed by atoms with Crippen LogP contribution in [0.1, 0.15) is 60.8 Å². The molecule has 0 aliphatic heterocycles. The van der Waals surface area contributed by atoms with Gasteiger partial charge >= 0.3 is 5.97 Å². The first-order chi connectivity index (χ1) is 12.7. The fourth-order valence-electron chi connectivity index (χ4n) is 3.30. The van der Waals surface area contributed by atoms with Crippen LogP contribution in [0.2, 0.25) is 0 Å². The van der Waals surface area contributed by atoms with Gasteiger partial charge in [-0.3, -0.25) is 4.79 Å². The molecule has 27 heavy (non-hydrogen) atoms. The Morgan fingerprint density at radius 1 is 1.15 bits per heavy atom. The van der Waals surface area contributed by atoms with Crippen molar-refractivity contribution in [1.29, 1.82) is 0 Å². The molecule has 0 saturated heterocycles. The highest BCUT2D eigenvalue weighted by atomic mass is 32.1. The van der Waals surface area contributed by atoms with Crippen LogP contribution in [0.5, 0.6) is 0 Å². The first-order valence-corrected chi connectivity index (χ1v) is 10.2. The maximum absolute atomic E-state index is 12.5. The lowest BCUT2D eigenvalue weighted by molar-refractivity contribution is -0.122. The quantitative estimate of drug-likeness (QED) is 0.702. The lowest BCUT2D eigenvalue weighted by Crippen LogP contribution is -2.28. The van der Waals surface area contributed by atoms with E-state index in [4.69, 9.17) is 4.74 Å². The summed E-state index contributed by atoms with van der Waals surface area (Å²) in [5.41, 5.74) is 3.56. The standard InChI is InChI=1S/C22H27NO3S/c1-13-17(14-9-11-16(12-10-14)22(2,3)4)18(21(25)26-5)20(27-13)23-19(24)15-7-6-8-15/h9-12,15H,6-8H2,1-5H3,(H,23,24). The first-order valence-electron chi connectivity index (χ1n) is 9.36. The van der Waals surface area contributed by atoms with E-state index in [1.54, 1.807) is 0 Å². The summed E-state index contributed by atoms with van der Waals surface area (Å²) in [5, 5.41) is 3.56. The molecule has 1 aromatic heterocycles. The molecule has 1 aliphatic rings. The Labute approximate surface area is 164 Å². The number of thiophene rings is 1. The number of carbonyl (C=O) groups excluding carboxylic acids is 2. The molecule has 144 valence electrons. The lowest BCUT2D eigenvalue weighted by atomic mass is 9.85. The van der Waals surface area contributed by atoms with Gasteiger partial charge in [-0.25, -0.2) is 4.79 Å². The molecular weight excluding hydrogens is 358 g/mol. The van der Waals surface area contributed by atoms with E-state index in [-0.39, 0.29) is 17.2 Å². The molecule has 1 N–H and O–H groups in total. The second kappa shape index (κ2) is 7.47. The summed E-state index contributed by atoms with van der Waals surface area (Å²) in [7, 11) is 1.37. The normalized spacial score (nSPS) is 14.6. The average molecular weight is 386 g/mol. The monoisotopic (exact) mass is 385 g/mol. The molecule has 4 nitrogen and oxygen atoms in total. The topological polar surface area (TPSA) is 55.4 Å². The number of hydrogen-bond donors (Lipinski definition) is 1. The van der Waals surface area contributed by atoms with Crippen LogP contribution in [0.3, 0.4) is 0 Å². The van der Waals surface area contributed by atoms with Crippen molar-refractivity contribution in [3.8, 4) is 11.1 Å². The Morgan fingerprint density at radius 2 is 1.78 bits per heavy atom. The van der Waals surface area contributed by atoms with Crippen molar-refractivity contribution in [1.82, 2.24) is 0 Å². The molecule has 3 rings (SSSR count). The molecule has 1 aliphatic carbocycles. The largest absolute Gasteiger partial charge is 0.465 e. The van der Waals surface area contributed by atoms with Gasteiger partial charge in [-0.1, -0.05) is 51.5 Å². The summed E-state index contributed by atoms with van der Waals surface area (Å²) in [6.07, 6.45) is 2.94. The fraction of sp³-hybridized carbons (Fsp3) is 0.455. The van der Waals surface area contributed by atoms with Crippen molar-refractivity contribution < 1.29 is 14.3 Å². The third-order valence-corrected chi connectivity index (χ3v) is 6.25. The minimum atomic E-state index is -0.418. The van der Waals surface area contributed by atoms with E-state index in [1.807, 2.05) is 19.1 Å². The van der Waals surface area contributed by atoms with Crippen LogP contribution in [-0.2, 0) is 14.9 Å². The molecule has 0 spiro atoms. The Balaban J connectivity index is 2.01. The number of rotatable bonds is 4. The summed E-state index contributed by atoms with van der Waals surface area (Å²) < 4.78 is 5.03. The van der Waals surface area contributed by atoms with Crippen LogP contribution in [-0.4, -0.2) is 19.0 Å². The number of carbonyl (C=O) groups is 2. The van der Waals surface area contributed by atoms with Crippen molar-refractivity contribution in [2.75, 3.05) is 12.4 Å². The fourth-order valence-corrected chi connectivity index (χ4v) is 4.37. The van der Waals surface area contributed by atoms with Gasteiger partial charge in [0.05, 0.1) is 7.11 Å². The molecule has 1 saturated carbocycles. The second-order valence-electron chi connectivity index (χ2n) is 8.17. The van der Waals surface area contributed by atoms with Crippen molar-refractivity contribution in [2.45, 2.75) is 52.4 Å². The summed E-state index contributed by atoms with van der Waals surface area (Å²) in [6, 6.07) is 8.28. The maximum Gasteiger partial charge on any atom is 0.341 e. The summed E-state index contributed by atoms with van der Waals surface area (Å²) in [5.74, 6) is -0.354. The number of esters is 1. The van der Waals surface area contributed by atoms with E-state index in [1.165, 1.54) is 24.0 Å². The summed E-state index contributed by atoms with van der Waals surface area (Å²) in [4.78, 5) is 25.9. The molecule has 5 heteroatoms. The van der Waals surface area contributed by atoms with Gasteiger partial charge in [0.25, 0.3) is 0 Å². The lowest BCUT2D eigenvalue weighted by Gasteiger charge is -2.23. The molecule has 0 radical (unpaired) electrons. The van der Waals surface area contributed by atoms with Crippen molar-refractivity contribution in [3.63, 3.8) is 0 Å². The number of amides is 1. The van der Waals surface area contributed by atoms with E-state index < -0.39 is 5.97 Å². The Hall–Kier alpha value is -2.14. The number of nitrogens with one attached hydrogen (secondary N) is 1. The van der Waals surface area contributed by atoms with Gasteiger partial charge in [0, 0.05) is 16.4 Å². The number of ether oxygens (including phenoxy) is 1. The smallest absolute Gasteiger partial charge is 0.341 e. The molecule has 0 atom stereocenters. The van der Waals surface area contributed by atoms with Crippen molar-refractivity contribution in [2.24, 2.45) is 5.92 Å². The van der Waals surface area contributed by atoms with E-state index >= 15 is 0 Å². The van der Waals surface area contributed by atoms with Crippen LogP contribution >= 0.6 is 11.3 Å². The second-order valence-corrected chi connectivity index (χ2v) is 9.40. The van der Waals surface area contributed by atoms with E-state index in [0.717, 1.165) is 35.3 Å². The third kappa shape index (κ3) is 3.93. The number of benzene rings is 1. The van der Waals surface area contributed by atoms with Crippen molar-refractivity contribution >= 4 is 28.2 Å². The van der Waals surface area contributed by atoms with E-state index in [9.17, 15) is 9.59 Å². The molecule has 1 amide bonds. The number of aryl methyl sites for hydroxylation is 1. The predicted molar refractivity (Wildman–Crippen MR) is 111 cm³/mol. The Bertz CT molecular complexity index is 855. The minimum absolute atomic E-state index is 0.00211. The molecule has 1 aromatic carbocycles. The molecule has 0 bridgehead atoms. The number of hydrogen-bond acceptors (Lipinski definition) is 4. The highest BCUT2D eigenvalue weighted by molar-refractivity contribution is 7.17. The van der Waals surface area contributed by atoms with Crippen molar-refractivity contribution in [3.05, 3.63) is 40.3 Å². The summed E-state index contributed by atoms with van der Waals surface area (Å²) >= 11 is 1.44. The zero-order valence-electron chi connectivity index (χ0n) is 16.6. The van der Waals surface area contributed by atoms with E-state index in [0.29, 0.717) is 10.6 Å². The molecule has 1 heterocycles.